The highest BCUT2D eigenvalue weighted by Crippen LogP contribution is 2.30. The van der Waals surface area contributed by atoms with E-state index in [-0.39, 0.29) is 0 Å². The molecule has 0 spiro atoms. The Kier molecular flexibility index (Phi) is 4.34. The highest BCUT2D eigenvalue weighted by atomic mass is 79.9. The molecule has 0 fully saturated rings. The zero-order chi connectivity index (χ0) is 13.8. The van der Waals surface area contributed by atoms with Gasteiger partial charge in [0.15, 0.2) is 0 Å². The van der Waals surface area contributed by atoms with Gasteiger partial charge in [0.05, 0.1) is 5.56 Å². The first-order valence-electron chi connectivity index (χ1n) is 5.90. The van der Waals surface area contributed by atoms with Crippen LogP contribution in [0.1, 0.15) is 18.1 Å². The molecule has 0 aliphatic carbocycles. The molecule has 0 saturated carbocycles. The van der Waals surface area contributed by atoms with Crippen molar-refractivity contribution in [2.75, 3.05) is 5.43 Å². The van der Waals surface area contributed by atoms with Gasteiger partial charge in [-0.1, -0.05) is 28.9 Å². The fraction of sp³-hybridized carbons (Fsp3) is 0.231. The van der Waals surface area contributed by atoms with Crippen molar-refractivity contribution in [3.8, 4) is 11.6 Å². The summed E-state index contributed by atoms with van der Waals surface area (Å²) >= 11 is 3.43. The van der Waals surface area contributed by atoms with E-state index in [1.807, 2.05) is 32.0 Å². The Bertz CT molecular complexity index is 589. The van der Waals surface area contributed by atoms with Crippen molar-refractivity contribution < 1.29 is 4.74 Å². The lowest BCUT2D eigenvalue weighted by molar-refractivity contribution is 0.452. The average Bonchev–Trinajstić information content (AvgIpc) is 2.42. The van der Waals surface area contributed by atoms with Crippen LogP contribution in [0.15, 0.2) is 29.0 Å². The number of ether oxygens (including phenoxy) is 1. The summed E-state index contributed by atoms with van der Waals surface area (Å²) in [6.07, 6.45) is 2.15. The number of nitrogens with two attached hydrogens (primary N) is 1. The Balaban J connectivity index is 2.40. The maximum absolute atomic E-state index is 5.88. The van der Waals surface area contributed by atoms with Crippen LogP contribution in [0.3, 0.4) is 0 Å². The summed E-state index contributed by atoms with van der Waals surface area (Å²) in [6, 6.07) is 5.86. The third kappa shape index (κ3) is 3.02. The van der Waals surface area contributed by atoms with E-state index in [0.29, 0.717) is 11.7 Å². The zero-order valence-electron chi connectivity index (χ0n) is 10.8. The number of nitrogens with one attached hydrogen (secondary N) is 1. The number of benzene rings is 1. The molecular weight excluding hydrogens is 308 g/mol. The molecule has 0 amide bonds. The Morgan fingerprint density at radius 2 is 2.16 bits per heavy atom. The standard InChI is InChI=1S/C13H15BrN4O/c1-3-10-12(18-15)16-7-17-13(10)19-11-6-9(14)5-4-8(11)2/h4-7H,3,15H2,1-2H3,(H,16,17,18). The second-order valence-electron chi connectivity index (χ2n) is 4.02. The molecule has 0 radical (unpaired) electrons. The van der Waals surface area contributed by atoms with Crippen LogP contribution in [0, 0.1) is 6.92 Å². The Morgan fingerprint density at radius 3 is 2.84 bits per heavy atom. The lowest BCUT2D eigenvalue weighted by atomic mass is 10.2. The van der Waals surface area contributed by atoms with Crippen molar-refractivity contribution in [1.29, 1.82) is 0 Å². The number of aromatic nitrogens is 2. The van der Waals surface area contributed by atoms with Gasteiger partial charge in [-0.3, -0.25) is 0 Å². The van der Waals surface area contributed by atoms with E-state index in [9.17, 15) is 0 Å². The van der Waals surface area contributed by atoms with Crippen LogP contribution in [0.5, 0.6) is 11.6 Å². The third-order valence-electron chi connectivity index (χ3n) is 2.75. The first-order valence-corrected chi connectivity index (χ1v) is 6.69. The minimum absolute atomic E-state index is 0.520. The van der Waals surface area contributed by atoms with Gasteiger partial charge in [-0.25, -0.2) is 15.8 Å². The van der Waals surface area contributed by atoms with Gasteiger partial charge in [-0.2, -0.15) is 0 Å². The molecule has 0 unspecified atom stereocenters. The second-order valence-corrected chi connectivity index (χ2v) is 4.93. The Hall–Kier alpha value is -1.66. The summed E-state index contributed by atoms with van der Waals surface area (Å²) in [7, 11) is 0. The molecule has 1 heterocycles. The maximum atomic E-state index is 5.88. The van der Waals surface area contributed by atoms with E-state index in [4.69, 9.17) is 10.6 Å². The molecule has 2 aromatic rings. The minimum Gasteiger partial charge on any atom is -0.438 e. The van der Waals surface area contributed by atoms with Gasteiger partial charge in [0, 0.05) is 4.47 Å². The number of aryl methyl sites for hydroxylation is 1. The monoisotopic (exact) mass is 322 g/mol. The highest BCUT2D eigenvalue weighted by molar-refractivity contribution is 9.10. The zero-order valence-corrected chi connectivity index (χ0v) is 12.4. The van der Waals surface area contributed by atoms with E-state index in [2.05, 4.69) is 31.3 Å². The third-order valence-corrected chi connectivity index (χ3v) is 3.25. The van der Waals surface area contributed by atoms with Gasteiger partial charge >= 0.3 is 0 Å². The number of hydrazine groups is 1. The molecule has 0 saturated heterocycles. The van der Waals surface area contributed by atoms with Gasteiger partial charge in [0.2, 0.25) is 5.88 Å². The van der Waals surface area contributed by atoms with Crippen LogP contribution in [-0.2, 0) is 6.42 Å². The molecular formula is C13H15BrN4O. The van der Waals surface area contributed by atoms with E-state index >= 15 is 0 Å². The van der Waals surface area contributed by atoms with E-state index in [1.54, 1.807) is 0 Å². The van der Waals surface area contributed by atoms with E-state index < -0.39 is 0 Å². The van der Waals surface area contributed by atoms with Gasteiger partial charge in [-0.15, -0.1) is 0 Å². The minimum atomic E-state index is 0.520. The van der Waals surface area contributed by atoms with Crippen LogP contribution in [-0.4, -0.2) is 9.97 Å². The molecule has 2 rings (SSSR count). The number of anilines is 1. The van der Waals surface area contributed by atoms with Gasteiger partial charge < -0.3 is 10.2 Å². The van der Waals surface area contributed by atoms with Gasteiger partial charge in [0.1, 0.15) is 17.9 Å². The highest BCUT2D eigenvalue weighted by Gasteiger charge is 2.12. The van der Waals surface area contributed by atoms with Crippen molar-refractivity contribution in [2.24, 2.45) is 5.84 Å². The summed E-state index contributed by atoms with van der Waals surface area (Å²) < 4.78 is 6.83. The van der Waals surface area contributed by atoms with Crippen molar-refractivity contribution in [2.45, 2.75) is 20.3 Å². The predicted octanol–water partition coefficient (Wildman–Crippen LogP) is 3.19. The molecule has 3 N–H and O–H groups in total. The largest absolute Gasteiger partial charge is 0.438 e. The van der Waals surface area contributed by atoms with Crippen molar-refractivity contribution in [3.63, 3.8) is 0 Å². The summed E-state index contributed by atoms with van der Waals surface area (Å²) in [5.41, 5.74) is 4.44. The lowest BCUT2D eigenvalue weighted by Gasteiger charge is -2.13. The SMILES string of the molecule is CCc1c(NN)ncnc1Oc1cc(Br)ccc1C. The van der Waals surface area contributed by atoms with E-state index in [1.165, 1.54) is 6.33 Å². The number of rotatable bonds is 4. The topological polar surface area (TPSA) is 73.1 Å². The average molecular weight is 323 g/mol. The Labute approximate surface area is 120 Å². The van der Waals surface area contributed by atoms with Crippen LogP contribution < -0.4 is 16.0 Å². The molecule has 100 valence electrons. The summed E-state index contributed by atoms with van der Waals surface area (Å²) in [4.78, 5) is 8.25. The molecule has 1 aromatic heterocycles. The molecule has 0 aliphatic heterocycles. The van der Waals surface area contributed by atoms with Crippen molar-refractivity contribution >= 4 is 21.7 Å². The van der Waals surface area contributed by atoms with E-state index in [0.717, 1.165) is 27.8 Å². The number of halogens is 1. The van der Waals surface area contributed by atoms with Gasteiger partial charge in [-0.05, 0) is 31.0 Å². The maximum Gasteiger partial charge on any atom is 0.227 e. The number of hydrogen-bond acceptors (Lipinski definition) is 5. The smallest absolute Gasteiger partial charge is 0.227 e. The quantitative estimate of drug-likeness (QED) is 0.668. The number of nitrogen functional groups attached to an aromatic ring is 1. The molecule has 6 heteroatoms. The fourth-order valence-electron chi connectivity index (χ4n) is 1.72. The molecule has 0 atom stereocenters. The first kappa shape index (κ1) is 13.8. The Morgan fingerprint density at radius 1 is 1.37 bits per heavy atom. The summed E-state index contributed by atoms with van der Waals surface area (Å²) in [6.45, 7) is 3.98. The van der Waals surface area contributed by atoms with Crippen LogP contribution in [0.25, 0.3) is 0 Å². The van der Waals surface area contributed by atoms with Crippen LogP contribution in [0.2, 0.25) is 0 Å². The molecule has 1 aromatic carbocycles. The first-order chi connectivity index (χ1) is 9.15. The summed E-state index contributed by atoms with van der Waals surface area (Å²) in [5, 5.41) is 0. The van der Waals surface area contributed by atoms with Gasteiger partial charge in [0.25, 0.3) is 0 Å². The van der Waals surface area contributed by atoms with Crippen molar-refractivity contribution in [1.82, 2.24) is 9.97 Å². The summed E-state index contributed by atoms with van der Waals surface area (Å²) in [5.74, 6) is 7.30. The molecule has 0 bridgehead atoms. The molecule has 5 nitrogen and oxygen atoms in total. The predicted molar refractivity (Wildman–Crippen MR) is 78.2 cm³/mol. The number of hydrogen-bond donors (Lipinski definition) is 2. The molecule has 19 heavy (non-hydrogen) atoms. The lowest BCUT2D eigenvalue weighted by Crippen LogP contribution is -2.12. The fourth-order valence-corrected chi connectivity index (χ4v) is 2.06. The second kappa shape index (κ2) is 5.99. The van der Waals surface area contributed by atoms with Crippen LogP contribution >= 0.6 is 15.9 Å². The van der Waals surface area contributed by atoms with Crippen molar-refractivity contribution in [3.05, 3.63) is 40.1 Å². The normalized spacial score (nSPS) is 10.3. The molecule has 0 aliphatic rings. The van der Waals surface area contributed by atoms with Crippen LogP contribution in [0.4, 0.5) is 5.82 Å². The number of nitrogens with zero attached hydrogens (tertiary/aromatic N) is 2.